The molecule has 1 aromatic rings. The van der Waals surface area contributed by atoms with Gasteiger partial charge >= 0.3 is 0 Å². The van der Waals surface area contributed by atoms with Crippen LogP contribution in [-0.2, 0) is 5.88 Å². The Bertz CT molecular complexity index is 384. The zero-order valence-corrected chi connectivity index (χ0v) is 12.0. The zero-order valence-electron chi connectivity index (χ0n) is 11.2. The largest absolute Gasteiger partial charge is 0.369 e. The highest BCUT2D eigenvalue weighted by Gasteiger charge is 2.26. The summed E-state index contributed by atoms with van der Waals surface area (Å²) in [6.07, 6.45) is 0. The summed E-state index contributed by atoms with van der Waals surface area (Å²) in [7, 11) is 1.92. The van der Waals surface area contributed by atoms with Gasteiger partial charge in [-0.25, -0.2) is 4.39 Å². The normalized spacial score (nSPS) is 13.6. The van der Waals surface area contributed by atoms with Crippen molar-refractivity contribution in [3.05, 3.63) is 29.6 Å². The van der Waals surface area contributed by atoms with E-state index in [2.05, 4.69) is 27.7 Å². The second-order valence-corrected chi connectivity index (χ2v) is 5.80. The van der Waals surface area contributed by atoms with Gasteiger partial charge in [-0.3, -0.25) is 0 Å². The van der Waals surface area contributed by atoms with E-state index < -0.39 is 0 Å². The molecule has 0 aromatic heterocycles. The van der Waals surface area contributed by atoms with E-state index in [0.29, 0.717) is 11.6 Å². The molecule has 17 heavy (non-hydrogen) atoms. The highest BCUT2D eigenvalue weighted by atomic mass is 35.5. The second kappa shape index (κ2) is 5.26. The highest BCUT2D eigenvalue weighted by Crippen LogP contribution is 2.32. The average molecular weight is 258 g/mol. The second-order valence-electron chi connectivity index (χ2n) is 5.53. The van der Waals surface area contributed by atoms with Gasteiger partial charge in [0.15, 0.2) is 0 Å². The number of hydrogen-bond acceptors (Lipinski definition) is 1. The fourth-order valence-electron chi connectivity index (χ4n) is 1.84. The maximum atomic E-state index is 13.9. The minimum Gasteiger partial charge on any atom is -0.369 e. The van der Waals surface area contributed by atoms with Gasteiger partial charge in [0.1, 0.15) is 5.82 Å². The molecule has 0 amide bonds. The number of para-hydroxylation sites is 1. The van der Waals surface area contributed by atoms with E-state index in [9.17, 15) is 4.39 Å². The van der Waals surface area contributed by atoms with Crippen LogP contribution in [0.25, 0.3) is 0 Å². The SMILES string of the molecule is CC(N(C)c1c(F)cccc1CCl)C(C)(C)C. The number of hydrogen-bond donors (Lipinski definition) is 0. The van der Waals surface area contributed by atoms with Gasteiger partial charge in [-0.05, 0) is 24.0 Å². The first-order valence-corrected chi connectivity index (χ1v) is 6.38. The Balaban J connectivity index is 3.16. The molecular weight excluding hydrogens is 237 g/mol. The maximum Gasteiger partial charge on any atom is 0.146 e. The van der Waals surface area contributed by atoms with Crippen molar-refractivity contribution in [1.29, 1.82) is 0 Å². The summed E-state index contributed by atoms with van der Waals surface area (Å²) in [6, 6.07) is 5.28. The number of rotatable bonds is 3. The topological polar surface area (TPSA) is 3.24 Å². The van der Waals surface area contributed by atoms with Crippen LogP contribution in [-0.4, -0.2) is 13.1 Å². The van der Waals surface area contributed by atoms with Crippen LogP contribution in [0.4, 0.5) is 10.1 Å². The van der Waals surface area contributed by atoms with E-state index in [1.165, 1.54) is 6.07 Å². The van der Waals surface area contributed by atoms with Crippen LogP contribution >= 0.6 is 11.6 Å². The summed E-state index contributed by atoms with van der Waals surface area (Å²) in [5.74, 6) is 0.121. The fourth-order valence-corrected chi connectivity index (χ4v) is 2.05. The molecule has 96 valence electrons. The van der Waals surface area contributed by atoms with Crippen molar-refractivity contribution in [3.63, 3.8) is 0 Å². The van der Waals surface area contributed by atoms with E-state index in [1.54, 1.807) is 6.07 Å². The minimum absolute atomic E-state index is 0.0839. The van der Waals surface area contributed by atoms with Gasteiger partial charge in [0.2, 0.25) is 0 Å². The van der Waals surface area contributed by atoms with E-state index in [1.807, 2.05) is 18.0 Å². The first-order valence-electron chi connectivity index (χ1n) is 5.85. The molecule has 1 atom stereocenters. The molecule has 0 spiro atoms. The highest BCUT2D eigenvalue weighted by molar-refractivity contribution is 6.17. The number of alkyl halides is 1. The zero-order chi connectivity index (χ0) is 13.2. The summed E-state index contributed by atoms with van der Waals surface area (Å²) >= 11 is 5.87. The Hall–Kier alpha value is -0.760. The van der Waals surface area contributed by atoms with Gasteiger partial charge in [-0.2, -0.15) is 0 Å². The number of benzene rings is 1. The van der Waals surface area contributed by atoms with Crippen LogP contribution in [0.5, 0.6) is 0 Å². The van der Waals surface area contributed by atoms with E-state index in [4.69, 9.17) is 11.6 Å². The molecule has 3 heteroatoms. The lowest BCUT2D eigenvalue weighted by Crippen LogP contribution is -2.40. The third-order valence-corrected chi connectivity index (χ3v) is 3.69. The van der Waals surface area contributed by atoms with Crippen molar-refractivity contribution in [3.8, 4) is 0 Å². The monoisotopic (exact) mass is 257 g/mol. The summed E-state index contributed by atoms with van der Waals surface area (Å²) in [4.78, 5) is 1.98. The predicted octanol–water partition coefficient (Wildman–Crippen LogP) is 4.44. The lowest BCUT2D eigenvalue weighted by Gasteiger charge is -2.37. The lowest BCUT2D eigenvalue weighted by atomic mass is 9.86. The molecule has 1 nitrogen and oxygen atoms in total. The molecule has 0 N–H and O–H groups in total. The van der Waals surface area contributed by atoms with Crippen LogP contribution in [0, 0.1) is 11.2 Å². The molecule has 0 fully saturated rings. The molecule has 1 rings (SSSR count). The quantitative estimate of drug-likeness (QED) is 0.724. The molecule has 0 saturated heterocycles. The smallest absolute Gasteiger partial charge is 0.146 e. The average Bonchev–Trinajstić information content (AvgIpc) is 2.25. The third kappa shape index (κ3) is 3.12. The predicted molar refractivity (Wildman–Crippen MR) is 73.3 cm³/mol. The van der Waals surface area contributed by atoms with Crippen LogP contribution in [0.1, 0.15) is 33.3 Å². The minimum atomic E-state index is -0.207. The maximum absolute atomic E-state index is 13.9. The summed E-state index contributed by atoms with van der Waals surface area (Å²) in [5, 5.41) is 0. The van der Waals surface area contributed by atoms with Gasteiger partial charge in [0.05, 0.1) is 5.69 Å². The number of halogens is 2. The molecule has 1 aromatic carbocycles. The molecule has 1 unspecified atom stereocenters. The summed E-state index contributed by atoms with van der Waals surface area (Å²) in [5.41, 5.74) is 1.54. The van der Waals surface area contributed by atoms with Gasteiger partial charge < -0.3 is 4.90 Å². The van der Waals surface area contributed by atoms with Crippen molar-refractivity contribution >= 4 is 17.3 Å². The van der Waals surface area contributed by atoms with Crippen LogP contribution < -0.4 is 4.90 Å². The van der Waals surface area contributed by atoms with Crippen LogP contribution in [0.2, 0.25) is 0 Å². The van der Waals surface area contributed by atoms with Crippen molar-refractivity contribution in [1.82, 2.24) is 0 Å². The molecule has 0 heterocycles. The standard InChI is InChI=1S/C14H21ClFN/c1-10(14(2,3)4)17(5)13-11(9-15)7-6-8-12(13)16/h6-8,10H,9H2,1-5H3. The van der Waals surface area contributed by atoms with E-state index >= 15 is 0 Å². The lowest BCUT2D eigenvalue weighted by molar-refractivity contribution is 0.328. The Morgan fingerprint density at radius 2 is 1.94 bits per heavy atom. The Morgan fingerprint density at radius 1 is 1.35 bits per heavy atom. The van der Waals surface area contributed by atoms with Crippen molar-refractivity contribution < 1.29 is 4.39 Å². The molecule has 0 bridgehead atoms. The summed E-state index contributed by atoms with van der Waals surface area (Å²) < 4.78 is 13.9. The molecule has 0 radical (unpaired) electrons. The van der Waals surface area contributed by atoms with Crippen molar-refractivity contribution in [2.45, 2.75) is 39.6 Å². The van der Waals surface area contributed by atoms with Gasteiger partial charge in [0.25, 0.3) is 0 Å². The Labute approximate surface area is 109 Å². The summed E-state index contributed by atoms with van der Waals surface area (Å²) in [6.45, 7) is 8.55. The van der Waals surface area contributed by atoms with E-state index in [0.717, 1.165) is 5.56 Å². The molecule has 0 aliphatic carbocycles. The van der Waals surface area contributed by atoms with Crippen LogP contribution in [0.15, 0.2) is 18.2 Å². The van der Waals surface area contributed by atoms with E-state index in [-0.39, 0.29) is 17.3 Å². The molecule has 0 aliphatic rings. The fraction of sp³-hybridized carbons (Fsp3) is 0.571. The first kappa shape index (κ1) is 14.3. The van der Waals surface area contributed by atoms with Gasteiger partial charge in [0, 0.05) is 19.0 Å². The Kier molecular flexibility index (Phi) is 4.42. The third-order valence-electron chi connectivity index (χ3n) is 3.40. The molecular formula is C14H21ClFN. The number of nitrogens with zero attached hydrogens (tertiary/aromatic N) is 1. The van der Waals surface area contributed by atoms with Crippen molar-refractivity contribution in [2.24, 2.45) is 5.41 Å². The van der Waals surface area contributed by atoms with Crippen LogP contribution in [0.3, 0.4) is 0 Å². The molecule has 0 aliphatic heterocycles. The number of anilines is 1. The van der Waals surface area contributed by atoms with Gasteiger partial charge in [-0.1, -0.05) is 32.9 Å². The first-order chi connectivity index (χ1) is 7.79. The Morgan fingerprint density at radius 3 is 2.41 bits per heavy atom. The van der Waals surface area contributed by atoms with Gasteiger partial charge in [-0.15, -0.1) is 11.6 Å². The van der Waals surface area contributed by atoms with Crippen molar-refractivity contribution in [2.75, 3.05) is 11.9 Å². The molecule has 0 saturated carbocycles.